The van der Waals surface area contributed by atoms with Gasteiger partial charge in [-0.25, -0.2) is 9.37 Å². The summed E-state index contributed by atoms with van der Waals surface area (Å²) < 4.78 is 20.3. The summed E-state index contributed by atoms with van der Waals surface area (Å²) in [5.41, 5.74) is 1.52. The predicted molar refractivity (Wildman–Crippen MR) is 122 cm³/mol. The quantitative estimate of drug-likeness (QED) is 0.605. The lowest BCUT2D eigenvalue weighted by molar-refractivity contribution is 0.0950. The van der Waals surface area contributed by atoms with Crippen molar-refractivity contribution in [2.45, 2.75) is 20.1 Å². The Morgan fingerprint density at radius 1 is 1.23 bits per heavy atom. The highest BCUT2D eigenvalue weighted by Crippen LogP contribution is 2.33. The highest BCUT2D eigenvalue weighted by molar-refractivity contribution is 7.21. The average Bonchev–Trinajstić information content (AvgIpc) is 3.18. The molecule has 0 spiro atoms. The molecule has 0 radical (unpaired) electrons. The van der Waals surface area contributed by atoms with Gasteiger partial charge in [0, 0.05) is 61.7 Å². The molecule has 1 aliphatic rings. The first kappa shape index (κ1) is 21.7. The number of nitrogens with zero attached hydrogens (tertiary/aromatic N) is 3. The molecule has 1 aliphatic heterocycles. The molecule has 0 saturated carbocycles. The summed E-state index contributed by atoms with van der Waals surface area (Å²) in [4.78, 5) is 22.6. The number of benzene rings is 1. The molecule has 1 N–H and O–H groups in total. The topological polar surface area (TPSA) is 57.7 Å². The zero-order chi connectivity index (χ0) is 21.8. The first-order valence-corrected chi connectivity index (χ1v) is 11.3. The minimum Gasteiger partial charge on any atom is -0.380 e. The van der Waals surface area contributed by atoms with E-state index in [1.165, 1.54) is 17.4 Å². The van der Waals surface area contributed by atoms with Crippen molar-refractivity contribution in [1.29, 1.82) is 0 Å². The van der Waals surface area contributed by atoms with Crippen LogP contribution in [0.2, 0.25) is 0 Å². The molecule has 164 valence electrons. The van der Waals surface area contributed by atoms with Gasteiger partial charge < -0.3 is 19.9 Å². The van der Waals surface area contributed by atoms with Crippen molar-refractivity contribution < 1.29 is 13.9 Å². The molecule has 0 unspecified atom stereocenters. The van der Waals surface area contributed by atoms with Crippen LogP contribution in [0.25, 0.3) is 10.1 Å². The van der Waals surface area contributed by atoms with Crippen molar-refractivity contribution in [3.8, 4) is 0 Å². The molecule has 4 rings (SSSR count). The Labute approximate surface area is 185 Å². The number of rotatable bonds is 7. The number of carbonyl (C=O) groups excluding carboxylic acids is 1. The maximum atomic E-state index is 14.3. The summed E-state index contributed by atoms with van der Waals surface area (Å²) in [7, 11) is 1.54. The summed E-state index contributed by atoms with van der Waals surface area (Å²) in [5.74, 6) is 0.403. The number of thiophene rings is 1. The number of hydrogen-bond acceptors (Lipinski definition) is 6. The van der Waals surface area contributed by atoms with Crippen LogP contribution in [0.5, 0.6) is 0 Å². The number of aromatic nitrogens is 1. The number of halogens is 1. The third-order valence-corrected chi connectivity index (χ3v) is 6.86. The smallest absolute Gasteiger partial charge is 0.262 e. The second-order valence-electron chi connectivity index (χ2n) is 7.58. The van der Waals surface area contributed by atoms with E-state index in [2.05, 4.69) is 27.0 Å². The summed E-state index contributed by atoms with van der Waals surface area (Å²) in [6, 6.07) is 8.89. The minimum absolute atomic E-state index is 0.186. The van der Waals surface area contributed by atoms with E-state index in [1.54, 1.807) is 13.2 Å². The van der Waals surface area contributed by atoms with E-state index in [1.807, 2.05) is 24.4 Å². The molecule has 1 aromatic carbocycles. The molecule has 1 saturated heterocycles. The number of likely N-dealkylation sites (N-methyl/N-ethyl adjacent to an activating group) is 1. The van der Waals surface area contributed by atoms with E-state index in [0.29, 0.717) is 22.4 Å². The second-order valence-corrected chi connectivity index (χ2v) is 8.64. The van der Waals surface area contributed by atoms with Crippen LogP contribution < -0.4 is 10.2 Å². The van der Waals surface area contributed by atoms with Crippen LogP contribution in [-0.2, 0) is 17.9 Å². The number of piperazine rings is 1. The van der Waals surface area contributed by atoms with Crippen LogP contribution in [-0.4, -0.2) is 55.6 Å². The lowest BCUT2D eigenvalue weighted by Gasteiger charge is -2.34. The van der Waals surface area contributed by atoms with E-state index in [4.69, 9.17) is 4.74 Å². The largest absolute Gasteiger partial charge is 0.380 e. The number of pyridine rings is 1. The molecule has 6 nitrogen and oxygen atoms in total. The van der Waals surface area contributed by atoms with Crippen molar-refractivity contribution in [3.63, 3.8) is 0 Å². The van der Waals surface area contributed by atoms with Crippen LogP contribution in [0.1, 0.15) is 27.7 Å². The molecule has 1 fully saturated rings. The van der Waals surface area contributed by atoms with Gasteiger partial charge in [-0.1, -0.05) is 19.1 Å². The van der Waals surface area contributed by atoms with E-state index >= 15 is 0 Å². The first-order chi connectivity index (χ1) is 15.1. The molecule has 31 heavy (non-hydrogen) atoms. The number of amides is 1. The summed E-state index contributed by atoms with van der Waals surface area (Å²) >= 11 is 1.29. The minimum atomic E-state index is -0.334. The van der Waals surface area contributed by atoms with Crippen molar-refractivity contribution in [2.75, 3.05) is 44.7 Å². The number of hydrogen-bond donors (Lipinski definition) is 1. The van der Waals surface area contributed by atoms with Gasteiger partial charge in [0.1, 0.15) is 11.6 Å². The van der Waals surface area contributed by atoms with Gasteiger partial charge in [-0.2, -0.15) is 0 Å². The highest BCUT2D eigenvalue weighted by atomic mass is 32.1. The van der Waals surface area contributed by atoms with Crippen LogP contribution in [0, 0.1) is 5.82 Å². The van der Waals surface area contributed by atoms with E-state index in [0.717, 1.165) is 48.8 Å². The van der Waals surface area contributed by atoms with Gasteiger partial charge >= 0.3 is 0 Å². The lowest BCUT2D eigenvalue weighted by Crippen LogP contribution is -2.46. The molecule has 3 heterocycles. The second kappa shape index (κ2) is 9.72. The maximum Gasteiger partial charge on any atom is 0.262 e. The molecular formula is C23H27FN4O2S. The molecule has 2 aromatic heterocycles. The monoisotopic (exact) mass is 442 g/mol. The van der Waals surface area contributed by atoms with Gasteiger partial charge in [0.05, 0.1) is 11.5 Å². The van der Waals surface area contributed by atoms with E-state index in [-0.39, 0.29) is 18.3 Å². The fourth-order valence-corrected chi connectivity index (χ4v) is 5.04. The number of fused-ring (bicyclic) bond motifs is 1. The van der Waals surface area contributed by atoms with Gasteiger partial charge in [-0.3, -0.25) is 4.79 Å². The van der Waals surface area contributed by atoms with E-state index in [9.17, 15) is 9.18 Å². The third kappa shape index (κ3) is 4.71. The Kier molecular flexibility index (Phi) is 6.80. The van der Waals surface area contributed by atoms with Gasteiger partial charge in [-0.05, 0) is 30.3 Å². The Balaban J connectivity index is 1.42. The van der Waals surface area contributed by atoms with Gasteiger partial charge in [0.15, 0.2) is 0 Å². The molecule has 1 amide bonds. The molecule has 8 heteroatoms. The summed E-state index contributed by atoms with van der Waals surface area (Å²) in [6.07, 6.45) is 1.81. The Bertz CT molecular complexity index is 1050. The Morgan fingerprint density at radius 3 is 2.71 bits per heavy atom. The summed E-state index contributed by atoms with van der Waals surface area (Å²) in [6.45, 7) is 7.86. The number of anilines is 1. The number of methoxy groups -OCH3 is 1. The van der Waals surface area contributed by atoms with Crippen LogP contribution in [0.15, 0.2) is 36.5 Å². The fraction of sp³-hybridized carbons (Fsp3) is 0.391. The zero-order valence-electron chi connectivity index (χ0n) is 17.9. The molecule has 0 aliphatic carbocycles. The maximum absolute atomic E-state index is 14.3. The molecular weight excluding hydrogens is 415 g/mol. The zero-order valence-corrected chi connectivity index (χ0v) is 18.7. The molecule has 0 bridgehead atoms. The normalized spacial score (nSPS) is 14.9. The number of carbonyl (C=O) groups is 1. The van der Waals surface area contributed by atoms with Gasteiger partial charge in [0.25, 0.3) is 5.91 Å². The van der Waals surface area contributed by atoms with E-state index < -0.39 is 0 Å². The van der Waals surface area contributed by atoms with Crippen LogP contribution in [0.3, 0.4) is 0 Å². The lowest BCUT2D eigenvalue weighted by atomic mass is 10.1. The third-order valence-electron chi connectivity index (χ3n) is 5.66. The fourth-order valence-electron chi connectivity index (χ4n) is 3.90. The Hall–Kier alpha value is -2.55. The number of ether oxygens (including phenoxy) is 1. The average molecular weight is 443 g/mol. The highest BCUT2D eigenvalue weighted by Gasteiger charge is 2.21. The van der Waals surface area contributed by atoms with Crippen molar-refractivity contribution >= 4 is 33.1 Å². The van der Waals surface area contributed by atoms with Gasteiger partial charge in [0.2, 0.25) is 0 Å². The molecule has 0 atom stereocenters. The SMILES string of the molecule is CCN1CCN(c2ccc(CNC(=O)c3sc4cccc(F)c4c3COC)cn2)CC1. The Morgan fingerprint density at radius 2 is 2.03 bits per heavy atom. The first-order valence-electron chi connectivity index (χ1n) is 10.5. The summed E-state index contributed by atoms with van der Waals surface area (Å²) in [5, 5.41) is 3.41. The number of nitrogens with one attached hydrogen (secondary N) is 1. The van der Waals surface area contributed by atoms with Crippen LogP contribution in [0.4, 0.5) is 10.2 Å². The standard InChI is InChI=1S/C23H27FN4O2S/c1-3-27-9-11-28(12-10-27)20-8-7-16(13-25-20)14-26-23(29)22-17(15-30-2)21-18(24)5-4-6-19(21)31-22/h4-8,13H,3,9-12,14-15H2,1-2H3,(H,26,29). The van der Waals surface area contributed by atoms with Gasteiger partial charge in [-0.15, -0.1) is 11.3 Å². The van der Waals surface area contributed by atoms with Crippen molar-refractivity contribution in [3.05, 3.63) is 58.3 Å². The predicted octanol–water partition coefficient (Wildman–Crippen LogP) is 3.65. The van der Waals surface area contributed by atoms with Crippen molar-refractivity contribution in [1.82, 2.24) is 15.2 Å². The van der Waals surface area contributed by atoms with Crippen LogP contribution >= 0.6 is 11.3 Å². The van der Waals surface area contributed by atoms with Crippen molar-refractivity contribution in [2.24, 2.45) is 0 Å². The molecule has 3 aromatic rings.